The van der Waals surface area contributed by atoms with Crippen LogP contribution in [0.2, 0.25) is 5.02 Å². The average molecular weight is 325 g/mol. The Labute approximate surface area is 132 Å². The first-order valence-corrected chi connectivity index (χ1v) is 7.89. The molecular formula is C14H17ClN4OS. The lowest BCUT2D eigenvalue weighted by Crippen LogP contribution is -2.26. The van der Waals surface area contributed by atoms with E-state index in [1.807, 2.05) is 26.2 Å². The number of hydrogen-bond acceptors (Lipinski definition) is 5. The Kier molecular flexibility index (Phi) is 5.14. The zero-order chi connectivity index (χ0) is 15.4. The van der Waals surface area contributed by atoms with Crippen molar-refractivity contribution in [1.29, 1.82) is 0 Å². The van der Waals surface area contributed by atoms with Gasteiger partial charge in [-0.2, -0.15) is 0 Å². The van der Waals surface area contributed by atoms with Crippen LogP contribution in [0, 0.1) is 6.92 Å². The van der Waals surface area contributed by atoms with Crippen molar-refractivity contribution in [2.24, 2.45) is 0 Å². The maximum atomic E-state index is 12.2. The monoisotopic (exact) mass is 324 g/mol. The Bertz CT molecular complexity index is 644. The van der Waals surface area contributed by atoms with Crippen LogP contribution in [0.3, 0.4) is 0 Å². The molecule has 0 aliphatic carbocycles. The lowest BCUT2D eigenvalue weighted by atomic mass is 10.2. The van der Waals surface area contributed by atoms with Crippen molar-refractivity contribution in [3.8, 4) is 0 Å². The van der Waals surface area contributed by atoms with Crippen LogP contribution in [-0.4, -0.2) is 22.4 Å². The number of aromatic nitrogens is 2. The van der Waals surface area contributed by atoms with E-state index in [0.717, 1.165) is 17.2 Å². The number of rotatable bonds is 5. The number of pyridine rings is 1. The maximum absolute atomic E-state index is 12.2. The number of nitrogens with one attached hydrogen (secondary N) is 2. The van der Waals surface area contributed by atoms with Gasteiger partial charge in [0.15, 0.2) is 0 Å². The van der Waals surface area contributed by atoms with Crippen LogP contribution in [0.1, 0.15) is 40.9 Å². The van der Waals surface area contributed by atoms with Crippen molar-refractivity contribution in [2.45, 2.75) is 26.8 Å². The molecule has 0 aliphatic rings. The molecule has 0 saturated carbocycles. The van der Waals surface area contributed by atoms with E-state index in [9.17, 15) is 4.79 Å². The molecule has 2 aromatic heterocycles. The van der Waals surface area contributed by atoms with Gasteiger partial charge < -0.3 is 10.6 Å². The van der Waals surface area contributed by atoms with E-state index in [0.29, 0.717) is 16.4 Å². The summed E-state index contributed by atoms with van der Waals surface area (Å²) in [6.45, 7) is 6.50. The molecule has 0 bridgehead atoms. The molecule has 0 saturated heterocycles. The highest BCUT2D eigenvalue weighted by Crippen LogP contribution is 2.21. The van der Waals surface area contributed by atoms with Crippen LogP contribution in [-0.2, 0) is 0 Å². The fourth-order valence-corrected chi connectivity index (χ4v) is 2.81. The van der Waals surface area contributed by atoms with Crippen molar-refractivity contribution in [1.82, 2.24) is 15.3 Å². The molecular weight excluding hydrogens is 308 g/mol. The van der Waals surface area contributed by atoms with Crippen molar-refractivity contribution in [2.75, 3.05) is 11.9 Å². The van der Waals surface area contributed by atoms with E-state index >= 15 is 0 Å². The van der Waals surface area contributed by atoms with Gasteiger partial charge in [0.25, 0.3) is 5.91 Å². The topological polar surface area (TPSA) is 66.9 Å². The first-order chi connectivity index (χ1) is 10.0. The number of nitrogens with zero attached hydrogens (tertiary/aromatic N) is 2. The highest BCUT2D eigenvalue weighted by molar-refractivity contribution is 7.09. The molecule has 112 valence electrons. The van der Waals surface area contributed by atoms with Crippen LogP contribution >= 0.6 is 22.9 Å². The van der Waals surface area contributed by atoms with Gasteiger partial charge >= 0.3 is 0 Å². The first-order valence-electron chi connectivity index (χ1n) is 6.63. The van der Waals surface area contributed by atoms with Crippen molar-refractivity contribution >= 4 is 34.7 Å². The SMILES string of the molecule is CCNc1ncc(C(=O)NC(C)c2nc(C)cs2)cc1Cl. The summed E-state index contributed by atoms with van der Waals surface area (Å²) in [5, 5.41) is 9.19. The summed E-state index contributed by atoms with van der Waals surface area (Å²) < 4.78 is 0. The Morgan fingerprint density at radius 1 is 1.52 bits per heavy atom. The molecule has 1 amide bonds. The second kappa shape index (κ2) is 6.87. The number of aryl methyl sites for hydroxylation is 1. The van der Waals surface area contributed by atoms with E-state index in [1.165, 1.54) is 17.5 Å². The van der Waals surface area contributed by atoms with Gasteiger partial charge in [0.05, 0.1) is 16.6 Å². The Hall–Kier alpha value is -1.66. The summed E-state index contributed by atoms with van der Waals surface area (Å²) in [5.74, 6) is 0.368. The first kappa shape index (κ1) is 15.7. The van der Waals surface area contributed by atoms with Crippen molar-refractivity contribution in [3.63, 3.8) is 0 Å². The molecule has 2 N–H and O–H groups in total. The molecule has 1 unspecified atom stereocenters. The maximum Gasteiger partial charge on any atom is 0.253 e. The summed E-state index contributed by atoms with van der Waals surface area (Å²) in [6, 6.07) is 1.46. The number of hydrogen-bond donors (Lipinski definition) is 2. The third-order valence-electron chi connectivity index (χ3n) is 2.80. The second-order valence-electron chi connectivity index (χ2n) is 4.61. The number of amides is 1. The van der Waals surface area contributed by atoms with Crippen LogP contribution in [0.5, 0.6) is 0 Å². The van der Waals surface area contributed by atoms with E-state index in [2.05, 4.69) is 20.6 Å². The quantitative estimate of drug-likeness (QED) is 0.884. The third-order valence-corrected chi connectivity index (χ3v) is 4.24. The molecule has 5 nitrogen and oxygen atoms in total. The number of thiazole rings is 1. The predicted octanol–water partition coefficient (Wildman–Crippen LogP) is 3.42. The molecule has 7 heteroatoms. The van der Waals surface area contributed by atoms with Gasteiger partial charge in [-0.15, -0.1) is 11.3 Å². The number of halogens is 1. The lowest BCUT2D eigenvalue weighted by molar-refractivity contribution is 0.0939. The van der Waals surface area contributed by atoms with Crippen molar-refractivity contribution in [3.05, 3.63) is 38.9 Å². The smallest absolute Gasteiger partial charge is 0.253 e. The van der Waals surface area contributed by atoms with E-state index in [-0.39, 0.29) is 11.9 Å². The summed E-state index contributed by atoms with van der Waals surface area (Å²) >= 11 is 7.62. The van der Waals surface area contributed by atoms with Crippen LogP contribution in [0.4, 0.5) is 5.82 Å². The molecule has 2 aromatic rings. The average Bonchev–Trinajstić information content (AvgIpc) is 2.88. The molecule has 2 heterocycles. The second-order valence-corrected chi connectivity index (χ2v) is 5.90. The normalized spacial score (nSPS) is 12.0. The summed E-state index contributed by atoms with van der Waals surface area (Å²) in [4.78, 5) is 20.7. The predicted molar refractivity (Wildman–Crippen MR) is 86.1 cm³/mol. The fraction of sp³-hybridized carbons (Fsp3) is 0.357. The van der Waals surface area contributed by atoms with Crippen LogP contribution in [0.15, 0.2) is 17.6 Å². The largest absolute Gasteiger partial charge is 0.369 e. The van der Waals surface area contributed by atoms with Gasteiger partial charge in [-0.3, -0.25) is 4.79 Å². The molecule has 0 spiro atoms. The van der Waals surface area contributed by atoms with E-state index in [1.54, 1.807) is 6.07 Å². The summed E-state index contributed by atoms with van der Waals surface area (Å²) in [5.41, 5.74) is 1.39. The van der Waals surface area contributed by atoms with Gasteiger partial charge in [-0.1, -0.05) is 11.6 Å². The van der Waals surface area contributed by atoms with Crippen LogP contribution in [0.25, 0.3) is 0 Å². The zero-order valence-electron chi connectivity index (χ0n) is 12.1. The van der Waals surface area contributed by atoms with Crippen LogP contribution < -0.4 is 10.6 Å². The molecule has 21 heavy (non-hydrogen) atoms. The van der Waals surface area contributed by atoms with Gasteiger partial charge in [-0.05, 0) is 26.8 Å². The van der Waals surface area contributed by atoms with Gasteiger partial charge in [-0.25, -0.2) is 9.97 Å². The minimum Gasteiger partial charge on any atom is -0.369 e. The van der Waals surface area contributed by atoms with E-state index < -0.39 is 0 Å². The third kappa shape index (κ3) is 3.92. The Morgan fingerprint density at radius 3 is 2.86 bits per heavy atom. The minimum atomic E-state index is -0.215. The molecule has 0 aromatic carbocycles. The van der Waals surface area contributed by atoms with Gasteiger partial charge in [0.2, 0.25) is 0 Å². The fourth-order valence-electron chi connectivity index (χ4n) is 1.77. The molecule has 1 atom stereocenters. The standard InChI is InChI=1S/C14H17ClN4OS/c1-4-16-12-11(15)5-10(6-17-12)13(20)19-9(3)14-18-8(2)7-21-14/h5-7,9H,4H2,1-3H3,(H,16,17)(H,19,20). The van der Waals surface area contributed by atoms with Gasteiger partial charge in [0, 0.05) is 23.8 Å². The lowest BCUT2D eigenvalue weighted by Gasteiger charge is -2.12. The molecule has 0 aliphatic heterocycles. The highest BCUT2D eigenvalue weighted by Gasteiger charge is 2.15. The Morgan fingerprint density at radius 2 is 2.29 bits per heavy atom. The molecule has 2 rings (SSSR count). The molecule has 0 radical (unpaired) electrons. The summed E-state index contributed by atoms with van der Waals surface area (Å²) in [7, 11) is 0. The van der Waals surface area contributed by atoms with Crippen molar-refractivity contribution < 1.29 is 4.79 Å². The minimum absolute atomic E-state index is 0.150. The molecule has 0 fully saturated rings. The Balaban J connectivity index is 2.08. The zero-order valence-corrected chi connectivity index (χ0v) is 13.7. The van der Waals surface area contributed by atoms with E-state index in [4.69, 9.17) is 11.6 Å². The summed E-state index contributed by atoms with van der Waals surface area (Å²) in [6.07, 6.45) is 1.51. The number of carbonyl (C=O) groups is 1. The van der Waals surface area contributed by atoms with Gasteiger partial charge in [0.1, 0.15) is 10.8 Å². The number of carbonyl (C=O) groups excluding carboxylic acids is 1. The highest BCUT2D eigenvalue weighted by atomic mass is 35.5. The number of anilines is 1.